The van der Waals surface area contributed by atoms with Gasteiger partial charge in [-0.2, -0.15) is 0 Å². The summed E-state index contributed by atoms with van der Waals surface area (Å²) in [7, 11) is 1.49. The van der Waals surface area contributed by atoms with Crippen molar-refractivity contribution in [2.45, 2.75) is 0 Å². The van der Waals surface area contributed by atoms with Crippen LogP contribution in [-0.2, 0) is 9.53 Å². The van der Waals surface area contributed by atoms with Gasteiger partial charge in [0.05, 0.1) is 22.2 Å². The second-order valence-corrected chi connectivity index (χ2v) is 8.19. The topological polar surface area (TPSA) is 74.2 Å². The van der Waals surface area contributed by atoms with E-state index in [1.54, 1.807) is 66.7 Å². The highest BCUT2D eigenvalue weighted by Gasteiger charge is 2.26. The number of ether oxygens (including phenoxy) is 3. The van der Waals surface area contributed by atoms with E-state index in [9.17, 15) is 9.59 Å². The molecule has 3 aromatic rings. The summed E-state index contributed by atoms with van der Waals surface area (Å²) in [5, 5.41) is 0.432. The van der Waals surface area contributed by atoms with Crippen molar-refractivity contribution in [1.82, 2.24) is 0 Å². The van der Waals surface area contributed by atoms with E-state index in [1.165, 1.54) is 7.11 Å². The van der Waals surface area contributed by atoms with Crippen molar-refractivity contribution >= 4 is 51.3 Å². The Labute approximate surface area is 203 Å². The highest BCUT2D eigenvalue weighted by Crippen LogP contribution is 2.37. The Balaban J connectivity index is 1.57. The van der Waals surface area contributed by atoms with E-state index in [4.69, 9.17) is 25.8 Å². The van der Waals surface area contributed by atoms with E-state index in [0.717, 1.165) is 0 Å². The second-order valence-electron chi connectivity index (χ2n) is 6.93. The standard InChI is InChI=1S/C25H17BrClNO5/c1-31-22-13-15(11-18(26)23(22)32-14-21(29)16-7-3-2-4-8-16)12-20-25(30)33-24(28-20)17-9-5-6-10-19(17)27/h2-13H,14H2,1H3/b20-12-. The van der Waals surface area contributed by atoms with Crippen LogP contribution >= 0.6 is 27.5 Å². The summed E-state index contributed by atoms with van der Waals surface area (Å²) in [6.45, 7) is -0.156. The summed E-state index contributed by atoms with van der Waals surface area (Å²) < 4.78 is 17.0. The fourth-order valence-electron chi connectivity index (χ4n) is 3.13. The van der Waals surface area contributed by atoms with Crippen LogP contribution in [0.2, 0.25) is 5.02 Å². The lowest BCUT2D eigenvalue weighted by Gasteiger charge is -2.13. The molecule has 0 radical (unpaired) electrons. The number of benzene rings is 3. The minimum Gasteiger partial charge on any atom is -0.493 e. The van der Waals surface area contributed by atoms with Gasteiger partial charge in [0.15, 0.2) is 29.6 Å². The first-order valence-electron chi connectivity index (χ1n) is 9.82. The van der Waals surface area contributed by atoms with Crippen LogP contribution in [0.5, 0.6) is 11.5 Å². The average Bonchev–Trinajstić information content (AvgIpc) is 3.18. The Morgan fingerprint density at radius 2 is 1.85 bits per heavy atom. The van der Waals surface area contributed by atoms with Crippen LogP contribution in [0.4, 0.5) is 0 Å². The monoisotopic (exact) mass is 525 g/mol. The Kier molecular flexibility index (Phi) is 6.91. The minimum absolute atomic E-state index is 0.117. The van der Waals surface area contributed by atoms with Gasteiger partial charge in [0, 0.05) is 5.56 Å². The number of hydrogen-bond donors (Lipinski definition) is 0. The van der Waals surface area contributed by atoms with Crippen molar-refractivity contribution in [3.05, 3.63) is 98.6 Å². The number of ketones is 1. The Morgan fingerprint density at radius 1 is 1.12 bits per heavy atom. The number of esters is 1. The molecular weight excluding hydrogens is 510 g/mol. The van der Waals surface area contributed by atoms with E-state index in [2.05, 4.69) is 20.9 Å². The van der Waals surface area contributed by atoms with Gasteiger partial charge in [-0.15, -0.1) is 0 Å². The molecule has 6 nitrogen and oxygen atoms in total. The molecule has 1 aliphatic heterocycles. The summed E-state index contributed by atoms with van der Waals surface area (Å²) >= 11 is 9.63. The maximum absolute atomic E-state index is 12.4. The van der Waals surface area contributed by atoms with Crippen LogP contribution in [-0.4, -0.2) is 31.4 Å². The Hall–Kier alpha value is -3.42. The van der Waals surface area contributed by atoms with Gasteiger partial charge in [-0.3, -0.25) is 4.79 Å². The molecule has 0 aliphatic carbocycles. The molecule has 0 saturated heterocycles. The van der Waals surface area contributed by atoms with Crippen molar-refractivity contribution in [2.24, 2.45) is 4.99 Å². The van der Waals surface area contributed by atoms with Crippen LogP contribution < -0.4 is 9.47 Å². The highest BCUT2D eigenvalue weighted by molar-refractivity contribution is 9.10. The molecule has 0 amide bonds. The van der Waals surface area contributed by atoms with Crippen LogP contribution in [0.15, 0.2) is 81.9 Å². The second kappa shape index (κ2) is 10.0. The van der Waals surface area contributed by atoms with E-state index >= 15 is 0 Å². The zero-order chi connectivity index (χ0) is 23.4. The van der Waals surface area contributed by atoms with Crippen molar-refractivity contribution in [2.75, 3.05) is 13.7 Å². The zero-order valence-electron chi connectivity index (χ0n) is 17.4. The van der Waals surface area contributed by atoms with E-state index in [1.807, 2.05) is 6.07 Å². The predicted octanol–water partition coefficient (Wildman–Crippen LogP) is 5.72. The number of halogens is 2. The maximum atomic E-state index is 12.4. The molecule has 4 rings (SSSR count). The highest BCUT2D eigenvalue weighted by atomic mass is 79.9. The molecule has 1 aliphatic rings. The lowest BCUT2D eigenvalue weighted by molar-refractivity contribution is -0.129. The fourth-order valence-corrected chi connectivity index (χ4v) is 3.92. The lowest BCUT2D eigenvalue weighted by atomic mass is 10.1. The summed E-state index contributed by atoms with van der Waals surface area (Å²) in [5.74, 6) is 0.152. The molecular formula is C25H17BrClNO5. The van der Waals surface area contributed by atoms with E-state index < -0.39 is 5.97 Å². The molecule has 33 heavy (non-hydrogen) atoms. The summed E-state index contributed by atoms with van der Waals surface area (Å²) in [6, 6.07) is 19.3. The lowest BCUT2D eigenvalue weighted by Crippen LogP contribution is -2.12. The van der Waals surface area contributed by atoms with Gasteiger partial charge < -0.3 is 14.2 Å². The normalized spacial score (nSPS) is 14.1. The van der Waals surface area contributed by atoms with Gasteiger partial charge in [0.2, 0.25) is 5.90 Å². The van der Waals surface area contributed by atoms with Gasteiger partial charge in [0.25, 0.3) is 0 Å². The van der Waals surface area contributed by atoms with E-state index in [0.29, 0.717) is 37.7 Å². The van der Waals surface area contributed by atoms with Crippen molar-refractivity contribution < 1.29 is 23.8 Å². The molecule has 0 fully saturated rings. The average molecular weight is 527 g/mol. The fraction of sp³-hybridized carbons (Fsp3) is 0.0800. The Bertz CT molecular complexity index is 1290. The number of aliphatic imine (C=N–C) groups is 1. The maximum Gasteiger partial charge on any atom is 0.363 e. The molecule has 0 bridgehead atoms. The number of rotatable bonds is 7. The molecule has 166 valence electrons. The van der Waals surface area contributed by atoms with Gasteiger partial charge in [0.1, 0.15) is 0 Å². The quantitative estimate of drug-likeness (QED) is 0.224. The number of methoxy groups -OCH3 is 1. The van der Waals surface area contributed by atoms with E-state index in [-0.39, 0.29) is 24.0 Å². The molecule has 3 aromatic carbocycles. The van der Waals surface area contributed by atoms with Crippen LogP contribution in [0.1, 0.15) is 21.5 Å². The number of hydrogen-bond acceptors (Lipinski definition) is 6. The minimum atomic E-state index is -0.589. The molecule has 0 N–H and O–H groups in total. The summed E-state index contributed by atoms with van der Waals surface area (Å²) in [5.41, 5.74) is 1.82. The van der Waals surface area contributed by atoms with Gasteiger partial charge in [-0.05, 0) is 51.8 Å². The smallest absolute Gasteiger partial charge is 0.363 e. The first kappa shape index (κ1) is 22.8. The third-order valence-electron chi connectivity index (χ3n) is 4.72. The third kappa shape index (κ3) is 5.16. The molecule has 0 atom stereocenters. The van der Waals surface area contributed by atoms with Gasteiger partial charge in [-0.25, -0.2) is 9.79 Å². The molecule has 0 unspecified atom stereocenters. The number of nitrogens with zero attached hydrogens (tertiary/aromatic N) is 1. The van der Waals surface area contributed by atoms with Crippen molar-refractivity contribution in [1.29, 1.82) is 0 Å². The first-order chi connectivity index (χ1) is 16.0. The molecule has 0 saturated carbocycles. The van der Waals surface area contributed by atoms with Crippen LogP contribution in [0.3, 0.4) is 0 Å². The summed E-state index contributed by atoms with van der Waals surface area (Å²) in [4.78, 5) is 29.0. The number of Topliss-reactive ketones (excluding diaryl/α,β-unsaturated/α-hetero) is 1. The van der Waals surface area contributed by atoms with Gasteiger partial charge in [-0.1, -0.05) is 54.1 Å². The largest absolute Gasteiger partial charge is 0.493 e. The van der Waals surface area contributed by atoms with Crippen molar-refractivity contribution in [3.8, 4) is 11.5 Å². The molecule has 0 spiro atoms. The number of cyclic esters (lactones) is 1. The molecule has 8 heteroatoms. The SMILES string of the molecule is COc1cc(/C=C2\N=C(c3ccccc3Cl)OC2=O)cc(Br)c1OCC(=O)c1ccccc1. The number of carbonyl (C=O) groups is 2. The van der Waals surface area contributed by atoms with Gasteiger partial charge >= 0.3 is 5.97 Å². The molecule has 1 heterocycles. The summed E-state index contributed by atoms with van der Waals surface area (Å²) in [6.07, 6.45) is 1.57. The van der Waals surface area contributed by atoms with Crippen molar-refractivity contribution in [3.63, 3.8) is 0 Å². The van der Waals surface area contributed by atoms with Crippen LogP contribution in [0.25, 0.3) is 6.08 Å². The predicted molar refractivity (Wildman–Crippen MR) is 129 cm³/mol. The zero-order valence-corrected chi connectivity index (χ0v) is 19.7. The molecule has 0 aromatic heterocycles. The first-order valence-corrected chi connectivity index (χ1v) is 11.0. The number of carbonyl (C=O) groups excluding carboxylic acids is 2. The Morgan fingerprint density at radius 3 is 2.58 bits per heavy atom. The third-order valence-corrected chi connectivity index (χ3v) is 5.64. The van der Waals surface area contributed by atoms with Crippen LogP contribution in [0, 0.1) is 0 Å².